The Morgan fingerprint density at radius 1 is 1.03 bits per heavy atom. The van der Waals surface area contributed by atoms with E-state index in [1.807, 2.05) is 32.1 Å². The Morgan fingerprint density at radius 2 is 1.82 bits per heavy atom. The van der Waals surface area contributed by atoms with Crippen LogP contribution < -0.4 is 19.8 Å². The summed E-state index contributed by atoms with van der Waals surface area (Å²) in [6.45, 7) is 13.1. The molecule has 5 heteroatoms. The summed E-state index contributed by atoms with van der Waals surface area (Å²) in [5.41, 5.74) is 2.47. The minimum atomic E-state index is -0.551. The third-order valence-electron chi connectivity index (χ3n) is 4.85. The second-order valence-corrected chi connectivity index (χ2v) is 8.57. The van der Waals surface area contributed by atoms with E-state index in [1.165, 1.54) is 11.1 Å². The molecule has 0 aliphatic heterocycles. The second kappa shape index (κ2) is 13.6. The van der Waals surface area contributed by atoms with Crippen LogP contribution in [0.1, 0.15) is 67.2 Å². The molecule has 0 atom stereocenters. The molecule has 2 rings (SSSR count). The molecule has 0 fully saturated rings. The molecule has 0 N–H and O–H groups in total. The number of ether oxygens (including phenoxy) is 3. The standard InChI is InChI=1S/C28H38O5/c1-7-8-9-10-17-31-27-26(32-21(4)5)24-15-14-23(19-25(24)33-28(27)29)30-18-16-22(6)13-11-12-20(2)3/h8-9,12,14-16,19,21H,7,10-11,13,17-18H2,1-6H3/b9-8?,22-16+. The van der Waals surface area contributed by atoms with Gasteiger partial charge in [-0.1, -0.05) is 36.3 Å². The van der Waals surface area contributed by atoms with Crippen LogP contribution in [0.2, 0.25) is 0 Å². The fraction of sp³-hybridized carbons (Fsp3) is 0.464. The third-order valence-corrected chi connectivity index (χ3v) is 4.85. The van der Waals surface area contributed by atoms with Crippen LogP contribution >= 0.6 is 0 Å². The van der Waals surface area contributed by atoms with Gasteiger partial charge in [0.25, 0.3) is 0 Å². The summed E-state index contributed by atoms with van der Waals surface area (Å²) in [4.78, 5) is 12.7. The van der Waals surface area contributed by atoms with Crippen LogP contribution in [0.5, 0.6) is 17.2 Å². The number of fused-ring (bicyclic) bond motifs is 1. The van der Waals surface area contributed by atoms with Gasteiger partial charge in [0.15, 0.2) is 5.75 Å². The summed E-state index contributed by atoms with van der Waals surface area (Å²) in [6.07, 6.45) is 12.0. The van der Waals surface area contributed by atoms with Crippen LogP contribution in [0.4, 0.5) is 0 Å². The highest BCUT2D eigenvalue weighted by Crippen LogP contribution is 2.35. The molecule has 0 unspecified atom stereocenters. The summed E-state index contributed by atoms with van der Waals surface area (Å²) in [5.74, 6) is 1.16. The predicted molar refractivity (Wildman–Crippen MR) is 136 cm³/mol. The normalized spacial score (nSPS) is 11.9. The molecule has 5 nitrogen and oxygen atoms in total. The van der Waals surface area contributed by atoms with Gasteiger partial charge in [-0.05, 0) is 78.5 Å². The van der Waals surface area contributed by atoms with Gasteiger partial charge in [-0.25, -0.2) is 4.79 Å². The summed E-state index contributed by atoms with van der Waals surface area (Å²) in [5, 5.41) is 0.684. The SMILES string of the molecule is CCC=CCCOc1c(OC(C)C)c2ccc(OC/C=C(\C)CCC=C(C)C)cc2oc1=O. The summed E-state index contributed by atoms with van der Waals surface area (Å²) in [6, 6.07) is 5.43. The van der Waals surface area contributed by atoms with Crippen molar-refractivity contribution < 1.29 is 18.6 Å². The number of hydrogen-bond donors (Lipinski definition) is 0. The molecular formula is C28H38O5. The highest BCUT2D eigenvalue weighted by Gasteiger charge is 2.19. The maximum Gasteiger partial charge on any atom is 0.383 e. The molecule has 1 heterocycles. The van der Waals surface area contributed by atoms with Crippen LogP contribution in [0, 0.1) is 0 Å². The van der Waals surface area contributed by atoms with Gasteiger partial charge in [-0.15, -0.1) is 0 Å². The zero-order chi connectivity index (χ0) is 24.2. The lowest BCUT2D eigenvalue weighted by molar-refractivity contribution is 0.219. The lowest BCUT2D eigenvalue weighted by Gasteiger charge is -2.16. The highest BCUT2D eigenvalue weighted by molar-refractivity contribution is 5.86. The molecule has 2 aromatic rings. The van der Waals surface area contributed by atoms with Crippen LogP contribution in [0.3, 0.4) is 0 Å². The Kier molecular flexibility index (Phi) is 10.8. The maximum absolute atomic E-state index is 12.7. The van der Waals surface area contributed by atoms with E-state index in [4.69, 9.17) is 18.6 Å². The Hall–Kier alpha value is -2.95. The van der Waals surface area contributed by atoms with Gasteiger partial charge in [-0.3, -0.25) is 0 Å². The predicted octanol–water partition coefficient (Wildman–Crippen LogP) is 7.39. The summed E-state index contributed by atoms with van der Waals surface area (Å²) >= 11 is 0. The van der Waals surface area contributed by atoms with E-state index < -0.39 is 5.63 Å². The van der Waals surface area contributed by atoms with Crippen molar-refractivity contribution >= 4 is 11.0 Å². The smallest absolute Gasteiger partial charge is 0.383 e. The number of hydrogen-bond acceptors (Lipinski definition) is 5. The Morgan fingerprint density at radius 3 is 2.52 bits per heavy atom. The largest absolute Gasteiger partial charge is 0.489 e. The Labute approximate surface area is 197 Å². The molecule has 0 radical (unpaired) electrons. The zero-order valence-corrected chi connectivity index (χ0v) is 20.9. The molecule has 0 spiro atoms. The molecule has 0 saturated carbocycles. The van der Waals surface area contributed by atoms with Crippen molar-refractivity contribution in [3.63, 3.8) is 0 Å². The van der Waals surface area contributed by atoms with E-state index in [0.717, 1.165) is 19.3 Å². The molecule has 0 bridgehead atoms. The van der Waals surface area contributed by atoms with Crippen molar-refractivity contribution in [3.8, 4) is 17.2 Å². The molecule has 180 valence electrons. The fourth-order valence-corrected chi connectivity index (χ4v) is 3.19. The first-order chi connectivity index (χ1) is 15.8. The third kappa shape index (κ3) is 8.83. The average Bonchev–Trinajstić information content (AvgIpc) is 2.74. The van der Waals surface area contributed by atoms with Crippen molar-refractivity contribution in [1.29, 1.82) is 0 Å². The average molecular weight is 455 g/mol. The first kappa shape index (κ1) is 26.3. The van der Waals surface area contributed by atoms with E-state index in [0.29, 0.717) is 42.1 Å². The summed E-state index contributed by atoms with van der Waals surface area (Å²) in [7, 11) is 0. The van der Waals surface area contributed by atoms with Crippen LogP contribution in [0.15, 0.2) is 62.9 Å². The zero-order valence-electron chi connectivity index (χ0n) is 20.9. The van der Waals surface area contributed by atoms with Gasteiger partial charge in [-0.2, -0.15) is 0 Å². The quantitative estimate of drug-likeness (QED) is 0.179. The molecule has 0 saturated heterocycles. The van der Waals surface area contributed by atoms with Gasteiger partial charge in [0, 0.05) is 6.07 Å². The lowest BCUT2D eigenvalue weighted by Crippen LogP contribution is -2.14. The van der Waals surface area contributed by atoms with Gasteiger partial charge in [0.2, 0.25) is 5.75 Å². The van der Waals surface area contributed by atoms with Crippen LogP contribution in [-0.2, 0) is 0 Å². The van der Waals surface area contributed by atoms with Gasteiger partial charge in [0.05, 0.1) is 18.1 Å². The minimum Gasteiger partial charge on any atom is -0.489 e. The van der Waals surface area contributed by atoms with Gasteiger partial charge in [0.1, 0.15) is 17.9 Å². The van der Waals surface area contributed by atoms with Gasteiger partial charge < -0.3 is 18.6 Å². The fourth-order valence-electron chi connectivity index (χ4n) is 3.19. The molecule has 0 aliphatic rings. The van der Waals surface area contributed by atoms with Crippen molar-refractivity contribution in [2.45, 2.75) is 73.3 Å². The van der Waals surface area contributed by atoms with E-state index >= 15 is 0 Å². The second-order valence-electron chi connectivity index (χ2n) is 8.57. The van der Waals surface area contributed by atoms with E-state index in [-0.39, 0.29) is 11.9 Å². The Bertz CT molecular complexity index is 1040. The van der Waals surface area contributed by atoms with Crippen molar-refractivity contribution in [1.82, 2.24) is 0 Å². The summed E-state index contributed by atoms with van der Waals surface area (Å²) < 4.78 is 23.2. The monoisotopic (exact) mass is 454 g/mol. The van der Waals surface area contributed by atoms with E-state index in [2.05, 4.69) is 45.9 Å². The lowest BCUT2D eigenvalue weighted by atomic mass is 10.1. The molecular weight excluding hydrogens is 416 g/mol. The molecule has 0 amide bonds. The number of benzene rings is 1. The maximum atomic E-state index is 12.7. The van der Waals surface area contributed by atoms with Crippen molar-refractivity contribution in [2.75, 3.05) is 13.2 Å². The highest BCUT2D eigenvalue weighted by atomic mass is 16.5. The molecule has 0 aliphatic carbocycles. The van der Waals surface area contributed by atoms with E-state index in [1.54, 1.807) is 6.07 Å². The van der Waals surface area contributed by atoms with E-state index in [9.17, 15) is 4.79 Å². The minimum absolute atomic E-state index is 0.115. The number of allylic oxidation sites excluding steroid dienone is 4. The number of rotatable bonds is 13. The molecule has 1 aromatic carbocycles. The first-order valence-electron chi connectivity index (χ1n) is 11.8. The van der Waals surface area contributed by atoms with Gasteiger partial charge >= 0.3 is 5.63 Å². The van der Waals surface area contributed by atoms with Crippen molar-refractivity contribution in [2.24, 2.45) is 0 Å². The topological polar surface area (TPSA) is 57.9 Å². The molecule has 33 heavy (non-hydrogen) atoms. The first-order valence-corrected chi connectivity index (χ1v) is 11.8. The molecule has 1 aromatic heterocycles. The van der Waals surface area contributed by atoms with Crippen molar-refractivity contribution in [3.05, 3.63) is 64.1 Å². The Balaban J connectivity index is 2.19. The van der Waals surface area contributed by atoms with Crippen LogP contribution in [0.25, 0.3) is 11.0 Å². The van der Waals surface area contributed by atoms with Crippen LogP contribution in [-0.4, -0.2) is 19.3 Å².